The molecule has 4 nitrogen and oxygen atoms in total. The average Bonchev–Trinajstić information content (AvgIpc) is 2.39. The van der Waals surface area contributed by atoms with Gasteiger partial charge in [-0.05, 0) is 24.3 Å². The number of carbonyl (C=O) groups is 1. The van der Waals surface area contributed by atoms with Crippen LogP contribution < -0.4 is 5.32 Å². The van der Waals surface area contributed by atoms with E-state index in [2.05, 4.69) is 10.3 Å². The van der Waals surface area contributed by atoms with Gasteiger partial charge in [0.25, 0.3) is 5.91 Å². The van der Waals surface area contributed by atoms with Crippen LogP contribution in [0, 0.1) is 11.3 Å². The Kier molecular flexibility index (Phi) is 4.00. The lowest BCUT2D eigenvalue weighted by molar-refractivity contribution is 0.102. The minimum Gasteiger partial charge on any atom is -0.322 e. The van der Waals surface area contributed by atoms with E-state index in [0.29, 0.717) is 16.3 Å². The maximum absolute atomic E-state index is 12.0. The zero-order chi connectivity index (χ0) is 13.8. The van der Waals surface area contributed by atoms with Gasteiger partial charge in [-0.1, -0.05) is 23.2 Å². The number of nitrogens with zero attached hydrogens (tertiary/aromatic N) is 2. The highest BCUT2D eigenvalue weighted by Crippen LogP contribution is 2.21. The summed E-state index contributed by atoms with van der Waals surface area (Å²) >= 11 is 11.8. The van der Waals surface area contributed by atoms with Crippen LogP contribution in [0.1, 0.15) is 15.9 Å². The molecule has 0 aliphatic carbocycles. The minimum absolute atomic E-state index is 0.268. The summed E-state index contributed by atoms with van der Waals surface area (Å²) in [4.78, 5) is 15.8. The smallest absolute Gasteiger partial charge is 0.258 e. The number of halogens is 2. The molecule has 2 rings (SSSR count). The van der Waals surface area contributed by atoms with Gasteiger partial charge in [-0.3, -0.25) is 9.78 Å². The van der Waals surface area contributed by atoms with Gasteiger partial charge < -0.3 is 5.32 Å². The molecule has 19 heavy (non-hydrogen) atoms. The molecule has 0 bridgehead atoms. The van der Waals surface area contributed by atoms with Crippen molar-refractivity contribution in [2.24, 2.45) is 0 Å². The second kappa shape index (κ2) is 5.70. The van der Waals surface area contributed by atoms with E-state index in [1.165, 1.54) is 30.6 Å². The Morgan fingerprint density at radius 3 is 2.68 bits per heavy atom. The Balaban J connectivity index is 2.23. The summed E-state index contributed by atoms with van der Waals surface area (Å²) in [5.41, 5.74) is 1.10. The van der Waals surface area contributed by atoms with E-state index in [-0.39, 0.29) is 16.5 Å². The predicted octanol–water partition coefficient (Wildman–Crippen LogP) is 3.51. The van der Waals surface area contributed by atoms with Gasteiger partial charge in [0.1, 0.15) is 6.07 Å². The number of nitrogens with one attached hydrogen (secondary N) is 1. The molecule has 0 saturated heterocycles. The van der Waals surface area contributed by atoms with Crippen LogP contribution in [0.25, 0.3) is 0 Å². The first-order valence-electron chi connectivity index (χ1n) is 5.22. The molecule has 0 spiro atoms. The maximum Gasteiger partial charge on any atom is 0.258 e. The van der Waals surface area contributed by atoms with Gasteiger partial charge in [0, 0.05) is 18.1 Å². The molecule has 0 unspecified atom stereocenters. The number of hydrogen-bond donors (Lipinski definition) is 1. The Morgan fingerprint density at radius 1 is 1.26 bits per heavy atom. The molecule has 6 heteroatoms. The van der Waals surface area contributed by atoms with Gasteiger partial charge in [0.05, 0.1) is 21.2 Å². The molecular weight excluding hydrogens is 285 g/mol. The highest BCUT2D eigenvalue weighted by atomic mass is 35.5. The van der Waals surface area contributed by atoms with E-state index in [0.717, 1.165) is 0 Å². The SMILES string of the molecule is N#Cc1ccc(NC(=O)c2cnccc2Cl)cc1Cl. The first kappa shape index (κ1) is 13.3. The fourth-order valence-electron chi connectivity index (χ4n) is 1.43. The molecule has 1 heterocycles. The van der Waals surface area contributed by atoms with Gasteiger partial charge in [0.2, 0.25) is 0 Å². The van der Waals surface area contributed by atoms with Gasteiger partial charge in [0.15, 0.2) is 0 Å². The number of pyridine rings is 1. The number of amides is 1. The molecule has 0 aliphatic rings. The molecule has 94 valence electrons. The van der Waals surface area contributed by atoms with Crippen LogP contribution in [0.4, 0.5) is 5.69 Å². The highest BCUT2D eigenvalue weighted by Gasteiger charge is 2.11. The number of rotatable bonds is 2. The van der Waals surface area contributed by atoms with Crippen molar-refractivity contribution in [2.45, 2.75) is 0 Å². The molecule has 1 N–H and O–H groups in total. The van der Waals surface area contributed by atoms with Gasteiger partial charge in [-0.25, -0.2) is 0 Å². The average molecular weight is 292 g/mol. The third-order valence-electron chi connectivity index (χ3n) is 2.36. The molecule has 0 radical (unpaired) electrons. The summed E-state index contributed by atoms with van der Waals surface area (Å²) < 4.78 is 0. The lowest BCUT2D eigenvalue weighted by Gasteiger charge is -2.07. The summed E-state index contributed by atoms with van der Waals surface area (Å²) in [6, 6.07) is 8.09. The molecular formula is C13H7Cl2N3O. The van der Waals surface area contributed by atoms with Crippen molar-refractivity contribution in [1.29, 1.82) is 5.26 Å². The van der Waals surface area contributed by atoms with E-state index in [1.807, 2.05) is 6.07 Å². The first-order chi connectivity index (χ1) is 9.11. The van der Waals surface area contributed by atoms with E-state index in [9.17, 15) is 4.79 Å². The van der Waals surface area contributed by atoms with Crippen LogP contribution >= 0.6 is 23.2 Å². The van der Waals surface area contributed by atoms with Crippen molar-refractivity contribution in [3.63, 3.8) is 0 Å². The van der Waals surface area contributed by atoms with Crippen LogP contribution in [0.15, 0.2) is 36.7 Å². The number of aromatic nitrogens is 1. The number of carbonyl (C=O) groups excluding carboxylic acids is 1. The molecule has 1 aromatic heterocycles. The van der Waals surface area contributed by atoms with E-state index < -0.39 is 0 Å². The zero-order valence-electron chi connectivity index (χ0n) is 9.52. The maximum atomic E-state index is 12.0. The normalized spacial score (nSPS) is 9.74. The Morgan fingerprint density at radius 2 is 2.05 bits per heavy atom. The fraction of sp³-hybridized carbons (Fsp3) is 0. The molecule has 0 fully saturated rings. The summed E-state index contributed by atoms with van der Waals surface area (Å²) in [5.74, 6) is -0.390. The van der Waals surface area contributed by atoms with Crippen LogP contribution in [0.5, 0.6) is 0 Å². The van der Waals surface area contributed by atoms with Crippen molar-refractivity contribution < 1.29 is 4.79 Å². The van der Waals surface area contributed by atoms with Crippen molar-refractivity contribution in [3.8, 4) is 6.07 Å². The van der Waals surface area contributed by atoms with Gasteiger partial charge in [-0.2, -0.15) is 5.26 Å². The number of hydrogen-bond acceptors (Lipinski definition) is 3. The number of anilines is 1. The monoisotopic (exact) mass is 291 g/mol. The van der Waals surface area contributed by atoms with Crippen molar-refractivity contribution in [2.75, 3.05) is 5.32 Å². The van der Waals surface area contributed by atoms with Crippen LogP contribution in [-0.4, -0.2) is 10.9 Å². The number of nitriles is 1. The molecule has 1 aromatic carbocycles. The molecule has 2 aromatic rings. The fourth-order valence-corrected chi connectivity index (χ4v) is 1.84. The summed E-state index contributed by atoms with van der Waals surface area (Å²) in [6.07, 6.45) is 2.88. The summed E-state index contributed by atoms with van der Waals surface area (Å²) in [5, 5.41) is 12.0. The van der Waals surface area contributed by atoms with Crippen LogP contribution in [0.3, 0.4) is 0 Å². The largest absolute Gasteiger partial charge is 0.322 e. The number of benzene rings is 1. The third-order valence-corrected chi connectivity index (χ3v) is 3.00. The van der Waals surface area contributed by atoms with Gasteiger partial charge >= 0.3 is 0 Å². The van der Waals surface area contributed by atoms with Crippen LogP contribution in [0.2, 0.25) is 10.0 Å². The van der Waals surface area contributed by atoms with E-state index in [1.54, 1.807) is 6.07 Å². The molecule has 0 aliphatic heterocycles. The standard InChI is InChI=1S/C13H7Cl2N3O/c14-11-3-4-17-7-10(11)13(19)18-9-2-1-8(6-16)12(15)5-9/h1-5,7H,(H,18,19). The molecule has 1 amide bonds. The zero-order valence-corrected chi connectivity index (χ0v) is 11.0. The summed E-state index contributed by atoms with van der Waals surface area (Å²) in [7, 11) is 0. The molecule has 0 saturated carbocycles. The lowest BCUT2D eigenvalue weighted by Crippen LogP contribution is -2.12. The minimum atomic E-state index is -0.390. The quantitative estimate of drug-likeness (QED) is 0.921. The van der Waals surface area contributed by atoms with E-state index in [4.69, 9.17) is 28.5 Å². The van der Waals surface area contributed by atoms with Crippen molar-refractivity contribution in [3.05, 3.63) is 57.8 Å². The topological polar surface area (TPSA) is 65.8 Å². The van der Waals surface area contributed by atoms with Gasteiger partial charge in [-0.15, -0.1) is 0 Å². The Bertz CT molecular complexity index is 680. The predicted molar refractivity (Wildman–Crippen MR) is 73.4 cm³/mol. The first-order valence-corrected chi connectivity index (χ1v) is 5.98. The Hall–Kier alpha value is -2.09. The van der Waals surface area contributed by atoms with Crippen molar-refractivity contribution in [1.82, 2.24) is 4.98 Å². The highest BCUT2D eigenvalue weighted by molar-refractivity contribution is 6.34. The third kappa shape index (κ3) is 3.02. The molecule has 0 atom stereocenters. The lowest BCUT2D eigenvalue weighted by atomic mass is 10.2. The van der Waals surface area contributed by atoms with Crippen molar-refractivity contribution >= 4 is 34.8 Å². The second-order valence-electron chi connectivity index (χ2n) is 3.62. The summed E-state index contributed by atoms with van der Waals surface area (Å²) in [6.45, 7) is 0. The second-order valence-corrected chi connectivity index (χ2v) is 4.43. The Labute approximate surface area is 119 Å². The van der Waals surface area contributed by atoms with E-state index >= 15 is 0 Å². The van der Waals surface area contributed by atoms with Crippen LogP contribution in [-0.2, 0) is 0 Å².